The molecule has 3 rings (SSSR count). The maximum atomic E-state index is 12.6. The lowest BCUT2D eigenvalue weighted by Crippen LogP contribution is -2.50. The molecule has 162 valence electrons. The average Bonchev–Trinajstić information content (AvgIpc) is 2.98. The van der Waals surface area contributed by atoms with Crippen LogP contribution in [0.5, 0.6) is 0 Å². The molecule has 0 spiro atoms. The molecule has 1 fully saturated rings. The van der Waals surface area contributed by atoms with Gasteiger partial charge in [0.2, 0.25) is 15.9 Å². The molecule has 1 N–H and O–H groups in total. The first kappa shape index (κ1) is 22.2. The molecule has 1 aromatic rings. The molecule has 10 heteroatoms. The van der Waals surface area contributed by atoms with E-state index in [1.165, 1.54) is 21.9 Å². The lowest BCUT2D eigenvalue weighted by atomic mass is 9.88. The van der Waals surface area contributed by atoms with Crippen molar-refractivity contribution in [1.29, 1.82) is 0 Å². The average molecular weight is 444 g/mol. The van der Waals surface area contributed by atoms with E-state index in [4.69, 9.17) is 4.74 Å². The first-order valence-electron chi connectivity index (χ1n) is 9.98. The maximum absolute atomic E-state index is 12.6. The Morgan fingerprint density at radius 2 is 1.93 bits per heavy atom. The van der Waals surface area contributed by atoms with E-state index >= 15 is 0 Å². The van der Waals surface area contributed by atoms with Crippen LogP contribution in [0.4, 0.5) is 5.00 Å². The highest BCUT2D eigenvalue weighted by Crippen LogP contribution is 2.40. The number of sulfonamides is 1. The van der Waals surface area contributed by atoms with Gasteiger partial charge in [-0.25, -0.2) is 13.2 Å². The van der Waals surface area contributed by atoms with E-state index in [0.29, 0.717) is 42.7 Å². The van der Waals surface area contributed by atoms with Crippen LogP contribution >= 0.6 is 11.3 Å². The second-order valence-electron chi connectivity index (χ2n) is 7.76. The molecule has 0 aromatic carbocycles. The predicted molar refractivity (Wildman–Crippen MR) is 113 cm³/mol. The van der Waals surface area contributed by atoms with Gasteiger partial charge in [0.1, 0.15) is 5.00 Å². The highest BCUT2D eigenvalue weighted by molar-refractivity contribution is 7.88. The van der Waals surface area contributed by atoms with Gasteiger partial charge in [0.05, 0.1) is 25.0 Å². The minimum atomic E-state index is -3.20. The molecule has 0 bridgehead atoms. The number of nitrogens with one attached hydrogen (secondary N) is 1. The second-order valence-corrected chi connectivity index (χ2v) is 10.9. The predicted octanol–water partition coefficient (Wildman–Crippen LogP) is 1.57. The number of carbonyl (C=O) groups excluding carboxylic acids is 2. The minimum Gasteiger partial charge on any atom is -0.462 e. The van der Waals surface area contributed by atoms with E-state index in [-0.39, 0.29) is 25.0 Å². The number of rotatable bonds is 6. The summed E-state index contributed by atoms with van der Waals surface area (Å²) in [6.07, 6.45) is 3.96. The van der Waals surface area contributed by atoms with Crippen LogP contribution in [0.2, 0.25) is 0 Å². The first-order chi connectivity index (χ1) is 13.7. The third-order valence-corrected chi connectivity index (χ3v) is 7.88. The Morgan fingerprint density at radius 3 is 2.55 bits per heavy atom. The number of esters is 1. The van der Waals surface area contributed by atoms with Crippen LogP contribution in [-0.4, -0.2) is 75.1 Å². The van der Waals surface area contributed by atoms with E-state index in [1.54, 1.807) is 6.92 Å². The molecule has 2 aliphatic rings. The summed E-state index contributed by atoms with van der Waals surface area (Å²) < 4.78 is 29.9. The third-order valence-electron chi connectivity index (χ3n) is 5.41. The van der Waals surface area contributed by atoms with Gasteiger partial charge < -0.3 is 10.1 Å². The van der Waals surface area contributed by atoms with Gasteiger partial charge in [-0.15, -0.1) is 11.3 Å². The molecule has 0 unspecified atom stereocenters. The molecule has 1 saturated heterocycles. The largest absolute Gasteiger partial charge is 0.462 e. The van der Waals surface area contributed by atoms with E-state index in [9.17, 15) is 18.0 Å². The Bertz CT molecular complexity index is 873. The summed E-state index contributed by atoms with van der Waals surface area (Å²) >= 11 is 1.48. The third kappa shape index (κ3) is 5.36. The van der Waals surface area contributed by atoms with Crippen molar-refractivity contribution in [3.05, 3.63) is 16.0 Å². The zero-order chi connectivity index (χ0) is 21.2. The normalized spacial score (nSPS) is 20.9. The number of hydrogen-bond acceptors (Lipinski definition) is 7. The molecule has 1 atom stereocenters. The molecule has 1 amide bonds. The molecule has 1 aliphatic heterocycles. The summed E-state index contributed by atoms with van der Waals surface area (Å²) in [5, 5.41) is 3.49. The molecule has 8 nitrogen and oxygen atoms in total. The number of anilines is 1. The quantitative estimate of drug-likeness (QED) is 0.671. The van der Waals surface area contributed by atoms with Gasteiger partial charge in [-0.3, -0.25) is 9.69 Å². The summed E-state index contributed by atoms with van der Waals surface area (Å²) in [6, 6.07) is 0. The maximum Gasteiger partial charge on any atom is 0.341 e. The van der Waals surface area contributed by atoms with E-state index in [0.717, 1.165) is 29.7 Å². The number of carbonyl (C=O) groups is 2. The summed E-state index contributed by atoms with van der Waals surface area (Å²) in [6.45, 7) is 6.19. The number of hydrogen-bond donors (Lipinski definition) is 1. The van der Waals surface area contributed by atoms with Crippen LogP contribution in [0.25, 0.3) is 0 Å². The standard InChI is InChI=1S/C19H29N3O5S2/c1-4-27-19(24)17-14-6-5-13(2)11-15(14)28-18(17)20-16(23)12-21-7-9-22(10-8-21)29(3,25)26/h13H,4-12H2,1-3H3,(H,20,23)/t13-/m0/s1. The molecular weight excluding hydrogens is 414 g/mol. The Labute approximate surface area is 176 Å². The van der Waals surface area contributed by atoms with Crippen molar-refractivity contribution >= 4 is 38.2 Å². The topological polar surface area (TPSA) is 96.0 Å². The van der Waals surface area contributed by atoms with Crippen LogP contribution in [0, 0.1) is 5.92 Å². The monoisotopic (exact) mass is 443 g/mol. The van der Waals surface area contributed by atoms with Crippen LogP contribution in [-0.2, 0) is 32.4 Å². The van der Waals surface area contributed by atoms with Crippen molar-refractivity contribution < 1.29 is 22.7 Å². The van der Waals surface area contributed by atoms with Crippen LogP contribution in [0.1, 0.15) is 41.1 Å². The van der Waals surface area contributed by atoms with Crippen molar-refractivity contribution in [2.45, 2.75) is 33.1 Å². The van der Waals surface area contributed by atoms with Crippen molar-refractivity contribution in [3.8, 4) is 0 Å². The lowest BCUT2D eigenvalue weighted by molar-refractivity contribution is -0.117. The summed E-state index contributed by atoms with van der Waals surface area (Å²) in [7, 11) is -3.20. The molecule has 29 heavy (non-hydrogen) atoms. The molecule has 2 heterocycles. The number of nitrogens with zero attached hydrogens (tertiary/aromatic N) is 2. The smallest absolute Gasteiger partial charge is 0.341 e. The van der Waals surface area contributed by atoms with Gasteiger partial charge in [0.25, 0.3) is 0 Å². The Balaban J connectivity index is 1.68. The van der Waals surface area contributed by atoms with Gasteiger partial charge in [-0.2, -0.15) is 4.31 Å². The SMILES string of the molecule is CCOC(=O)c1c(NC(=O)CN2CCN(S(C)(=O)=O)CC2)sc2c1CC[C@H](C)C2. The Hall–Kier alpha value is -1.49. The van der Waals surface area contributed by atoms with Gasteiger partial charge in [-0.05, 0) is 37.7 Å². The highest BCUT2D eigenvalue weighted by atomic mass is 32.2. The van der Waals surface area contributed by atoms with E-state index < -0.39 is 10.0 Å². The number of thiophene rings is 1. The van der Waals surface area contributed by atoms with E-state index in [1.807, 2.05) is 4.90 Å². The van der Waals surface area contributed by atoms with Crippen molar-refractivity contribution in [2.75, 3.05) is 50.9 Å². The van der Waals surface area contributed by atoms with Crippen molar-refractivity contribution in [3.63, 3.8) is 0 Å². The van der Waals surface area contributed by atoms with Crippen LogP contribution in [0.3, 0.4) is 0 Å². The number of ether oxygens (including phenoxy) is 1. The molecule has 0 saturated carbocycles. The Kier molecular flexibility index (Phi) is 6.98. The highest BCUT2D eigenvalue weighted by Gasteiger charge is 2.30. The second kappa shape index (κ2) is 9.11. The zero-order valence-corrected chi connectivity index (χ0v) is 18.8. The molecule has 1 aromatic heterocycles. The number of amides is 1. The van der Waals surface area contributed by atoms with Crippen LogP contribution in [0.15, 0.2) is 0 Å². The van der Waals surface area contributed by atoms with E-state index in [2.05, 4.69) is 12.2 Å². The Morgan fingerprint density at radius 1 is 1.24 bits per heavy atom. The van der Waals surface area contributed by atoms with Gasteiger partial charge >= 0.3 is 5.97 Å². The molecule has 1 aliphatic carbocycles. The van der Waals surface area contributed by atoms with Gasteiger partial charge in [-0.1, -0.05) is 6.92 Å². The summed E-state index contributed by atoms with van der Waals surface area (Å²) in [5.74, 6) is -0.0162. The fourth-order valence-corrected chi connectivity index (χ4v) is 6.09. The fraction of sp³-hybridized carbons (Fsp3) is 0.684. The first-order valence-corrected chi connectivity index (χ1v) is 12.6. The summed E-state index contributed by atoms with van der Waals surface area (Å²) in [4.78, 5) is 28.3. The van der Waals surface area contributed by atoms with Crippen LogP contribution < -0.4 is 5.32 Å². The summed E-state index contributed by atoms with van der Waals surface area (Å²) in [5.41, 5.74) is 1.53. The van der Waals surface area contributed by atoms with Gasteiger partial charge in [0.15, 0.2) is 0 Å². The molecular formula is C19H29N3O5S2. The van der Waals surface area contributed by atoms with Crippen molar-refractivity contribution in [2.24, 2.45) is 5.92 Å². The zero-order valence-electron chi connectivity index (χ0n) is 17.2. The lowest BCUT2D eigenvalue weighted by Gasteiger charge is -2.32. The van der Waals surface area contributed by atoms with Crippen molar-refractivity contribution in [1.82, 2.24) is 9.21 Å². The number of fused-ring (bicyclic) bond motifs is 1. The minimum absolute atomic E-state index is 0.166. The fourth-order valence-electron chi connectivity index (χ4n) is 3.85. The van der Waals surface area contributed by atoms with Gasteiger partial charge in [0, 0.05) is 31.1 Å². The number of piperazine rings is 1. The molecule has 0 radical (unpaired) electrons.